The Morgan fingerprint density at radius 3 is 2.20 bits per heavy atom. The average Bonchev–Trinajstić information content (AvgIpc) is 2.12. The number of hydrogen-bond donors (Lipinski definition) is 1. The Morgan fingerprint density at radius 1 is 1.27 bits per heavy atom. The lowest BCUT2D eigenvalue weighted by atomic mass is 9.90. The zero-order valence-electron chi connectivity index (χ0n) is 10.6. The maximum atomic E-state index is 11.5. The predicted octanol–water partition coefficient (Wildman–Crippen LogP) is 1.84. The van der Waals surface area contributed by atoms with Gasteiger partial charge in [-0.15, -0.1) is 0 Å². The molecule has 0 aromatic heterocycles. The van der Waals surface area contributed by atoms with Gasteiger partial charge in [0.1, 0.15) is 0 Å². The first-order valence-corrected chi connectivity index (χ1v) is 7.35. The fourth-order valence-electron chi connectivity index (χ4n) is 1.00. The maximum Gasteiger partial charge on any atom is 0.153 e. The Hall–Kier alpha value is -0.0900. The van der Waals surface area contributed by atoms with Gasteiger partial charge in [0.15, 0.2) is 9.84 Å². The maximum absolute atomic E-state index is 11.5. The second-order valence-electron chi connectivity index (χ2n) is 5.11. The molecule has 0 rings (SSSR count). The van der Waals surface area contributed by atoms with Crippen LogP contribution in [0.25, 0.3) is 0 Å². The summed E-state index contributed by atoms with van der Waals surface area (Å²) in [5.41, 5.74) is 0.252. The molecule has 0 fully saturated rings. The Balaban J connectivity index is 3.83. The molecule has 0 aliphatic carbocycles. The molecule has 0 aliphatic rings. The number of hydrogen-bond acceptors (Lipinski definition) is 3. The van der Waals surface area contributed by atoms with Crippen LogP contribution in [-0.2, 0) is 9.84 Å². The molecule has 0 aliphatic heterocycles. The number of nitrogens with one attached hydrogen (secondary N) is 1. The molecule has 1 N–H and O–H groups in total. The summed E-state index contributed by atoms with van der Waals surface area (Å²) in [6.07, 6.45) is 1.09. The molecule has 15 heavy (non-hydrogen) atoms. The predicted molar refractivity (Wildman–Crippen MR) is 65.9 cm³/mol. The Bertz CT molecular complexity index is 268. The van der Waals surface area contributed by atoms with Crippen molar-refractivity contribution in [1.82, 2.24) is 5.32 Å². The molecule has 0 aromatic rings. The highest BCUT2D eigenvalue weighted by atomic mass is 32.2. The van der Waals surface area contributed by atoms with E-state index in [9.17, 15) is 8.42 Å². The van der Waals surface area contributed by atoms with Crippen molar-refractivity contribution in [3.8, 4) is 0 Å². The lowest BCUT2D eigenvalue weighted by molar-refractivity contribution is 0.332. The zero-order chi connectivity index (χ0) is 12.1. The SMILES string of the molecule is CCC(C)(C)CNCCS(=O)(=O)C(C)C. The summed E-state index contributed by atoms with van der Waals surface area (Å²) >= 11 is 0. The van der Waals surface area contributed by atoms with Crippen LogP contribution < -0.4 is 5.32 Å². The van der Waals surface area contributed by atoms with Gasteiger partial charge in [0, 0.05) is 13.1 Å². The van der Waals surface area contributed by atoms with Gasteiger partial charge in [0.25, 0.3) is 0 Å². The topological polar surface area (TPSA) is 46.2 Å². The summed E-state index contributed by atoms with van der Waals surface area (Å²) in [6.45, 7) is 11.4. The third-order valence-corrected chi connectivity index (χ3v) is 5.05. The van der Waals surface area contributed by atoms with E-state index in [4.69, 9.17) is 0 Å². The summed E-state index contributed by atoms with van der Waals surface area (Å²) < 4.78 is 23.0. The van der Waals surface area contributed by atoms with Gasteiger partial charge < -0.3 is 5.32 Å². The molecule has 92 valence electrons. The van der Waals surface area contributed by atoms with Crippen molar-refractivity contribution in [2.24, 2.45) is 5.41 Å². The second kappa shape index (κ2) is 5.85. The Kier molecular flexibility index (Phi) is 5.81. The highest BCUT2D eigenvalue weighted by Gasteiger charge is 2.17. The normalized spacial score (nSPS) is 13.5. The van der Waals surface area contributed by atoms with Crippen LogP contribution in [0.2, 0.25) is 0 Å². The van der Waals surface area contributed by atoms with Crippen LogP contribution in [0.3, 0.4) is 0 Å². The van der Waals surface area contributed by atoms with Gasteiger partial charge >= 0.3 is 0 Å². The van der Waals surface area contributed by atoms with Crippen molar-refractivity contribution >= 4 is 9.84 Å². The third kappa shape index (κ3) is 6.15. The molecule has 4 heteroatoms. The monoisotopic (exact) mass is 235 g/mol. The van der Waals surface area contributed by atoms with E-state index in [-0.39, 0.29) is 16.4 Å². The minimum Gasteiger partial charge on any atom is -0.315 e. The standard InChI is InChI=1S/C11H25NO2S/c1-6-11(4,5)9-12-7-8-15(13,14)10(2)3/h10,12H,6-9H2,1-5H3. The summed E-state index contributed by atoms with van der Waals surface area (Å²) in [4.78, 5) is 0. The van der Waals surface area contributed by atoms with E-state index >= 15 is 0 Å². The summed E-state index contributed by atoms with van der Waals surface area (Å²) in [5, 5.41) is 2.94. The van der Waals surface area contributed by atoms with E-state index < -0.39 is 9.84 Å². The minimum atomic E-state index is -2.89. The molecule has 0 spiro atoms. The number of sulfone groups is 1. The molecule has 0 aromatic carbocycles. The molecular weight excluding hydrogens is 210 g/mol. The van der Waals surface area contributed by atoms with Gasteiger partial charge in [-0.05, 0) is 25.7 Å². The van der Waals surface area contributed by atoms with Crippen LogP contribution in [0, 0.1) is 5.41 Å². The minimum absolute atomic E-state index is 0.241. The van der Waals surface area contributed by atoms with Crippen LogP contribution in [0.5, 0.6) is 0 Å². The van der Waals surface area contributed by atoms with Gasteiger partial charge in [-0.3, -0.25) is 0 Å². The van der Waals surface area contributed by atoms with E-state index in [0.717, 1.165) is 13.0 Å². The van der Waals surface area contributed by atoms with Crippen molar-refractivity contribution in [2.75, 3.05) is 18.8 Å². The van der Waals surface area contributed by atoms with Crippen molar-refractivity contribution < 1.29 is 8.42 Å². The molecule has 0 atom stereocenters. The van der Waals surface area contributed by atoms with Gasteiger partial charge in [0.05, 0.1) is 11.0 Å². The highest BCUT2D eigenvalue weighted by Crippen LogP contribution is 2.17. The fourth-order valence-corrected chi connectivity index (χ4v) is 1.90. The fraction of sp³-hybridized carbons (Fsp3) is 1.00. The molecule has 0 saturated carbocycles. The molecule has 0 radical (unpaired) electrons. The molecule has 0 unspecified atom stereocenters. The van der Waals surface area contributed by atoms with Crippen molar-refractivity contribution in [3.63, 3.8) is 0 Å². The van der Waals surface area contributed by atoms with E-state index in [2.05, 4.69) is 26.1 Å². The quantitative estimate of drug-likeness (QED) is 0.685. The van der Waals surface area contributed by atoms with E-state index in [1.807, 2.05) is 0 Å². The summed E-state index contributed by atoms with van der Waals surface area (Å²) in [6, 6.07) is 0. The lowest BCUT2D eigenvalue weighted by Crippen LogP contribution is -2.33. The van der Waals surface area contributed by atoms with Crippen LogP contribution >= 0.6 is 0 Å². The first-order chi connectivity index (χ1) is 6.71. The van der Waals surface area contributed by atoms with Crippen molar-refractivity contribution in [3.05, 3.63) is 0 Å². The molecule has 0 heterocycles. The average molecular weight is 235 g/mol. The molecule has 0 bridgehead atoms. The largest absolute Gasteiger partial charge is 0.315 e. The third-order valence-electron chi connectivity index (χ3n) is 2.84. The van der Waals surface area contributed by atoms with Gasteiger partial charge in [-0.2, -0.15) is 0 Å². The first-order valence-electron chi connectivity index (χ1n) is 5.63. The summed E-state index contributed by atoms with van der Waals surface area (Å²) in [5.74, 6) is 0.241. The zero-order valence-corrected chi connectivity index (χ0v) is 11.4. The summed E-state index contributed by atoms with van der Waals surface area (Å²) in [7, 11) is -2.89. The molecule has 3 nitrogen and oxygen atoms in total. The van der Waals surface area contributed by atoms with Crippen molar-refractivity contribution in [1.29, 1.82) is 0 Å². The van der Waals surface area contributed by atoms with Crippen LogP contribution in [0.15, 0.2) is 0 Å². The van der Waals surface area contributed by atoms with Crippen LogP contribution in [-0.4, -0.2) is 32.5 Å². The van der Waals surface area contributed by atoms with E-state index in [1.54, 1.807) is 13.8 Å². The first kappa shape index (κ1) is 14.9. The smallest absolute Gasteiger partial charge is 0.153 e. The van der Waals surface area contributed by atoms with Gasteiger partial charge in [-0.1, -0.05) is 20.8 Å². The van der Waals surface area contributed by atoms with E-state index in [0.29, 0.717) is 6.54 Å². The molecule has 0 amide bonds. The van der Waals surface area contributed by atoms with Crippen LogP contribution in [0.4, 0.5) is 0 Å². The number of rotatable bonds is 7. The molecular formula is C11H25NO2S. The van der Waals surface area contributed by atoms with Crippen LogP contribution in [0.1, 0.15) is 41.0 Å². The van der Waals surface area contributed by atoms with Gasteiger partial charge in [-0.25, -0.2) is 8.42 Å². The Morgan fingerprint density at radius 2 is 1.80 bits per heavy atom. The molecule has 0 saturated heterocycles. The second-order valence-corrected chi connectivity index (χ2v) is 7.79. The van der Waals surface area contributed by atoms with Crippen molar-refractivity contribution in [2.45, 2.75) is 46.3 Å². The van der Waals surface area contributed by atoms with Gasteiger partial charge in [0.2, 0.25) is 0 Å². The highest BCUT2D eigenvalue weighted by molar-refractivity contribution is 7.92. The Labute approximate surface area is 94.6 Å². The van der Waals surface area contributed by atoms with E-state index in [1.165, 1.54) is 0 Å². The lowest BCUT2D eigenvalue weighted by Gasteiger charge is -2.23.